The third kappa shape index (κ3) is 7.70. The zero-order valence-electron chi connectivity index (χ0n) is 22.8. The van der Waals surface area contributed by atoms with Crippen molar-refractivity contribution in [3.8, 4) is 0 Å². The quantitative estimate of drug-likeness (QED) is 0.283. The van der Waals surface area contributed by atoms with Crippen molar-refractivity contribution < 1.29 is 23.4 Å². The molecule has 0 radical (unpaired) electrons. The lowest BCUT2D eigenvalue weighted by Gasteiger charge is -2.40. The van der Waals surface area contributed by atoms with Gasteiger partial charge in [-0.15, -0.1) is 0 Å². The van der Waals surface area contributed by atoms with Crippen molar-refractivity contribution in [3.63, 3.8) is 0 Å². The monoisotopic (exact) mass is 564 g/mol. The van der Waals surface area contributed by atoms with Crippen molar-refractivity contribution in [2.45, 2.75) is 45.5 Å². The molecule has 1 aromatic carbocycles. The molecule has 9 nitrogen and oxygen atoms in total. The number of rotatable bonds is 10. The molecule has 0 bridgehead atoms. The number of aryl methyl sites for hydroxylation is 1. The SMILES string of the molecule is COCC1(C)CCN(c2cc(NSCCO)ccc2C(=O)Nc2cc(C)nc(N3CCC(F)(F)CC3)n2)CC1. The normalized spacial score (nSPS) is 18.6. The number of hydrogen-bond acceptors (Lipinski definition) is 9. The summed E-state index contributed by atoms with van der Waals surface area (Å²) >= 11 is 1.40. The summed E-state index contributed by atoms with van der Waals surface area (Å²) in [6.45, 7) is 6.66. The van der Waals surface area contributed by atoms with E-state index in [2.05, 4.69) is 31.8 Å². The van der Waals surface area contributed by atoms with Crippen LogP contribution in [0.1, 0.15) is 48.7 Å². The largest absolute Gasteiger partial charge is 0.395 e. The summed E-state index contributed by atoms with van der Waals surface area (Å²) in [4.78, 5) is 26.4. The third-order valence-electron chi connectivity index (χ3n) is 7.29. The second kappa shape index (κ2) is 12.6. The van der Waals surface area contributed by atoms with Gasteiger partial charge in [0.05, 0.1) is 24.5 Å². The maximum Gasteiger partial charge on any atom is 0.258 e. The first-order chi connectivity index (χ1) is 18.6. The Morgan fingerprint density at radius 1 is 1.10 bits per heavy atom. The number of alkyl halides is 2. The average molecular weight is 565 g/mol. The van der Waals surface area contributed by atoms with Crippen molar-refractivity contribution >= 4 is 41.0 Å². The van der Waals surface area contributed by atoms with Crippen LogP contribution in [0.2, 0.25) is 0 Å². The Kier molecular flexibility index (Phi) is 9.50. The number of aromatic nitrogens is 2. The maximum atomic E-state index is 13.6. The smallest absolute Gasteiger partial charge is 0.258 e. The predicted octanol–water partition coefficient (Wildman–Crippen LogP) is 4.58. The molecule has 1 aromatic heterocycles. The van der Waals surface area contributed by atoms with E-state index in [9.17, 15) is 13.6 Å². The zero-order chi connectivity index (χ0) is 28.0. The minimum absolute atomic E-state index is 0.0649. The summed E-state index contributed by atoms with van der Waals surface area (Å²) in [6.07, 6.45) is 1.38. The summed E-state index contributed by atoms with van der Waals surface area (Å²) in [5.74, 6) is -1.76. The Balaban J connectivity index is 1.55. The molecular weight excluding hydrogens is 526 g/mol. The Labute approximate surface area is 232 Å². The molecule has 2 aliphatic heterocycles. The number of nitrogens with one attached hydrogen (secondary N) is 2. The van der Waals surface area contributed by atoms with Crippen LogP contribution in [0.25, 0.3) is 0 Å². The molecule has 0 aliphatic carbocycles. The topological polar surface area (TPSA) is 103 Å². The van der Waals surface area contributed by atoms with Gasteiger partial charge in [0.2, 0.25) is 5.95 Å². The van der Waals surface area contributed by atoms with Crippen LogP contribution in [0, 0.1) is 12.3 Å². The van der Waals surface area contributed by atoms with E-state index in [-0.39, 0.29) is 43.9 Å². The number of amides is 1. The molecule has 1 amide bonds. The Morgan fingerprint density at radius 2 is 1.79 bits per heavy atom. The highest BCUT2D eigenvalue weighted by atomic mass is 32.2. The fraction of sp³-hybridized carbons (Fsp3) is 0.593. The molecule has 39 heavy (non-hydrogen) atoms. The highest BCUT2D eigenvalue weighted by molar-refractivity contribution is 8.00. The number of piperidine rings is 2. The van der Waals surface area contributed by atoms with E-state index < -0.39 is 5.92 Å². The molecule has 12 heteroatoms. The first-order valence-corrected chi connectivity index (χ1v) is 14.3. The van der Waals surface area contributed by atoms with Gasteiger partial charge in [0.1, 0.15) is 5.82 Å². The third-order valence-corrected chi connectivity index (χ3v) is 8.06. The van der Waals surface area contributed by atoms with Crippen LogP contribution in [0.5, 0.6) is 0 Å². The first-order valence-electron chi connectivity index (χ1n) is 13.3. The molecule has 214 valence electrons. The lowest BCUT2D eigenvalue weighted by atomic mass is 9.81. The average Bonchev–Trinajstić information content (AvgIpc) is 2.89. The van der Waals surface area contributed by atoms with Crippen molar-refractivity contribution in [2.24, 2.45) is 5.41 Å². The number of hydrogen-bond donors (Lipinski definition) is 3. The van der Waals surface area contributed by atoms with E-state index in [0.717, 1.165) is 37.3 Å². The fourth-order valence-electron chi connectivity index (χ4n) is 4.98. The van der Waals surface area contributed by atoms with E-state index in [0.29, 0.717) is 35.4 Å². The number of ether oxygens (including phenoxy) is 1. The molecule has 2 saturated heterocycles. The number of methoxy groups -OCH3 is 1. The molecule has 0 unspecified atom stereocenters. The van der Waals surface area contributed by atoms with Crippen molar-refractivity contribution in [3.05, 3.63) is 35.5 Å². The fourth-order valence-corrected chi connectivity index (χ4v) is 5.47. The molecule has 3 heterocycles. The summed E-state index contributed by atoms with van der Waals surface area (Å²) in [7, 11) is 1.72. The predicted molar refractivity (Wildman–Crippen MR) is 152 cm³/mol. The van der Waals surface area contributed by atoms with Gasteiger partial charge in [-0.2, -0.15) is 4.98 Å². The zero-order valence-corrected chi connectivity index (χ0v) is 23.6. The first kappa shape index (κ1) is 29.3. The number of aliphatic hydroxyl groups is 1. The van der Waals surface area contributed by atoms with Crippen molar-refractivity contribution in [2.75, 3.05) is 72.1 Å². The summed E-state index contributed by atoms with van der Waals surface area (Å²) in [6, 6.07) is 7.27. The molecule has 0 atom stereocenters. The van der Waals surface area contributed by atoms with E-state index in [1.54, 1.807) is 31.1 Å². The second-order valence-electron chi connectivity index (χ2n) is 10.6. The molecule has 0 saturated carbocycles. The van der Waals surface area contributed by atoms with Gasteiger partial charge in [-0.25, -0.2) is 13.8 Å². The number of benzene rings is 1. The summed E-state index contributed by atoms with van der Waals surface area (Å²) in [5, 5.41) is 12.0. The van der Waals surface area contributed by atoms with Gasteiger partial charge in [-0.1, -0.05) is 18.9 Å². The highest BCUT2D eigenvalue weighted by Gasteiger charge is 2.35. The van der Waals surface area contributed by atoms with Crippen LogP contribution < -0.4 is 19.8 Å². The number of carbonyl (C=O) groups excluding carboxylic acids is 1. The molecule has 0 spiro atoms. The number of aliphatic hydroxyl groups excluding tert-OH is 1. The molecular formula is C27H38F2N6O3S. The van der Waals surface area contributed by atoms with Crippen molar-refractivity contribution in [1.82, 2.24) is 9.97 Å². The van der Waals surface area contributed by atoms with Crippen LogP contribution in [0.15, 0.2) is 24.3 Å². The summed E-state index contributed by atoms with van der Waals surface area (Å²) < 4.78 is 36.0. The van der Waals surface area contributed by atoms with Crippen LogP contribution in [-0.2, 0) is 4.74 Å². The molecule has 3 N–H and O–H groups in total. The summed E-state index contributed by atoms with van der Waals surface area (Å²) in [5.41, 5.74) is 2.90. The van der Waals surface area contributed by atoms with Crippen LogP contribution >= 0.6 is 11.9 Å². The minimum atomic E-state index is -2.67. The van der Waals surface area contributed by atoms with Crippen molar-refractivity contribution in [1.29, 1.82) is 0 Å². The van der Waals surface area contributed by atoms with Crippen LogP contribution in [0.4, 0.5) is 31.9 Å². The minimum Gasteiger partial charge on any atom is -0.395 e. The Hall–Kier alpha value is -2.70. The van der Waals surface area contributed by atoms with Gasteiger partial charge in [-0.3, -0.25) is 4.79 Å². The van der Waals surface area contributed by atoms with Gasteiger partial charge in [0.15, 0.2) is 0 Å². The lowest BCUT2D eigenvalue weighted by Crippen LogP contribution is -2.41. The van der Waals surface area contributed by atoms with E-state index in [1.807, 2.05) is 12.1 Å². The van der Waals surface area contributed by atoms with Gasteiger partial charge >= 0.3 is 0 Å². The van der Waals surface area contributed by atoms with Crippen LogP contribution in [-0.4, -0.2) is 79.2 Å². The molecule has 4 rings (SSSR count). The molecule has 2 fully saturated rings. The highest BCUT2D eigenvalue weighted by Crippen LogP contribution is 2.36. The Bertz CT molecular complexity index is 1140. The van der Waals surface area contributed by atoms with Gasteiger partial charge in [0, 0.05) is 69.3 Å². The standard InChI is InChI=1S/C27H38F2N6O3S/c1-19-16-23(32-25(30-19)35-12-8-27(28,29)9-13-35)31-24(37)21-5-4-20(33-39-15-14-36)17-22(21)34-10-6-26(2,7-11-34)18-38-3/h4-5,16-17,33,36H,6-15,18H2,1-3H3,(H,30,31,32,37). The van der Waals surface area contributed by atoms with E-state index >= 15 is 0 Å². The van der Waals surface area contributed by atoms with Gasteiger partial charge < -0.3 is 29.7 Å². The van der Waals surface area contributed by atoms with Crippen LogP contribution in [0.3, 0.4) is 0 Å². The Morgan fingerprint density at radius 3 is 2.46 bits per heavy atom. The molecule has 2 aromatic rings. The van der Waals surface area contributed by atoms with Gasteiger partial charge in [-0.05, 0) is 43.4 Å². The van der Waals surface area contributed by atoms with Gasteiger partial charge in [0.25, 0.3) is 11.8 Å². The second-order valence-corrected chi connectivity index (χ2v) is 11.5. The number of carbonyl (C=O) groups is 1. The number of nitrogens with zero attached hydrogens (tertiary/aromatic N) is 4. The number of halogens is 2. The maximum absolute atomic E-state index is 13.6. The lowest BCUT2D eigenvalue weighted by molar-refractivity contribution is -0.0222. The van der Waals surface area contributed by atoms with E-state index in [1.165, 1.54) is 11.9 Å². The van der Waals surface area contributed by atoms with E-state index in [4.69, 9.17) is 9.84 Å². The number of anilines is 4. The molecule has 2 aliphatic rings.